The van der Waals surface area contributed by atoms with E-state index in [1.807, 2.05) is 24.3 Å². The highest BCUT2D eigenvalue weighted by Crippen LogP contribution is 2.14. The number of carboxylic acid groups (broad SMARTS) is 1. The highest BCUT2D eigenvalue weighted by molar-refractivity contribution is 5.88. The normalized spacial score (nSPS) is 11.5. The monoisotopic (exact) mass is 308 g/mol. The van der Waals surface area contributed by atoms with Crippen molar-refractivity contribution in [2.45, 2.75) is 31.7 Å². The van der Waals surface area contributed by atoms with E-state index in [1.165, 1.54) is 0 Å². The van der Waals surface area contributed by atoms with Crippen molar-refractivity contribution in [3.63, 3.8) is 0 Å². The predicted octanol–water partition coefficient (Wildman–Crippen LogP) is 0.463. The van der Waals surface area contributed by atoms with Crippen molar-refractivity contribution in [1.82, 2.24) is 5.32 Å². The van der Waals surface area contributed by atoms with Gasteiger partial charge in [-0.3, -0.25) is 9.59 Å². The molecule has 0 aromatic heterocycles. The Hall–Kier alpha value is -2.57. The molecule has 0 aliphatic rings. The average Bonchev–Trinajstić information content (AvgIpc) is 2.46. The maximum Gasteiger partial charge on any atom is 0.326 e. The smallest absolute Gasteiger partial charge is 0.326 e. The molecule has 0 saturated carbocycles. The number of benzene rings is 1. The third kappa shape index (κ3) is 6.25. The van der Waals surface area contributed by atoms with Crippen LogP contribution in [0.25, 0.3) is 0 Å². The highest BCUT2D eigenvalue weighted by Gasteiger charge is 2.21. The number of hydrogen-bond donors (Lipinski definition) is 3. The third-order valence-corrected chi connectivity index (χ3v) is 3.04. The summed E-state index contributed by atoms with van der Waals surface area (Å²) in [5, 5.41) is 11.2. The molecule has 0 spiro atoms. The van der Waals surface area contributed by atoms with Gasteiger partial charge < -0.3 is 20.9 Å². The Morgan fingerprint density at radius 1 is 1.36 bits per heavy atom. The number of amides is 2. The molecule has 7 heteroatoms. The number of aliphatic carboxylic acids is 1. The van der Waals surface area contributed by atoms with Gasteiger partial charge >= 0.3 is 5.97 Å². The van der Waals surface area contributed by atoms with Gasteiger partial charge in [-0.05, 0) is 30.5 Å². The molecule has 0 saturated heterocycles. The van der Waals surface area contributed by atoms with E-state index in [1.54, 1.807) is 7.11 Å². The van der Waals surface area contributed by atoms with Gasteiger partial charge in [0.05, 0.1) is 13.5 Å². The lowest BCUT2D eigenvalue weighted by molar-refractivity contribution is -0.143. The van der Waals surface area contributed by atoms with E-state index >= 15 is 0 Å². The van der Waals surface area contributed by atoms with Crippen molar-refractivity contribution >= 4 is 17.8 Å². The number of hydrogen-bond acceptors (Lipinski definition) is 4. The number of nitrogens with two attached hydrogens (primary N) is 1. The van der Waals surface area contributed by atoms with Gasteiger partial charge in [-0.2, -0.15) is 0 Å². The van der Waals surface area contributed by atoms with Crippen LogP contribution in [0.2, 0.25) is 0 Å². The number of carbonyl (C=O) groups excluding carboxylic acids is 2. The SMILES string of the molecule is COc1cccc(CCCC(=O)NC(CC(N)=O)C(=O)O)c1. The number of primary amides is 1. The van der Waals surface area contributed by atoms with Crippen molar-refractivity contribution in [2.24, 2.45) is 5.73 Å². The van der Waals surface area contributed by atoms with E-state index in [2.05, 4.69) is 5.32 Å². The summed E-state index contributed by atoms with van der Waals surface area (Å²) in [5.41, 5.74) is 5.97. The molecule has 0 fully saturated rings. The maximum atomic E-state index is 11.7. The van der Waals surface area contributed by atoms with Gasteiger partial charge in [0.1, 0.15) is 11.8 Å². The van der Waals surface area contributed by atoms with Crippen molar-refractivity contribution in [3.8, 4) is 5.75 Å². The van der Waals surface area contributed by atoms with Crippen LogP contribution in [0.4, 0.5) is 0 Å². The summed E-state index contributed by atoms with van der Waals surface area (Å²) in [7, 11) is 1.58. The molecular formula is C15H20N2O5. The average molecular weight is 308 g/mol. The van der Waals surface area contributed by atoms with Gasteiger partial charge in [-0.1, -0.05) is 12.1 Å². The number of ether oxygens (including phenoxy) is 1. The summed E-state index contributed by atoms with van der Waals surface area (Å²) in [6, 6.07) is 6.22. The summed E-state index contributed by atoms with van der Waals surface area (Å²) in [6.45, 7) is 0. The summed E-state index contributed by atoms with van der Waals surface area (Å²) in [5.74, 6) is -1.73. The van der Waals surface area contributed by atoms with E-state index in [9.17, 15) is 14.4 Å². The topological polar surface area (TPSA) is 119 Å². The molecule has 1 unspecified atom stereocenters. The molecule has 1 atom stereocenters. The molecule has 22 heavy (non-hydrogen) atoms. The van der Waals surface area contributed by atoms with E-state index in [0.29, 0.717) is 12.8 Å². The first kappa shape index (κ1) is 17.5. The molecule has 4 N–H and O–H groups in total. The minimum absolute atomic E-state index is 0.166. The van der Waals surface area contributed by atoms with Gasteiger partial charge in [-0.15, -0.1) is 0 Å². The molecule has 0 radical (unpaired) electrons. The van der Waals surface area contributed by atoms with E-state index in [0.717, 1.165) is 11.3 Å². The van der Waals surface area contributed by atoms with Gasteiger partial charge in [0.25, 0.3) is 0 Å². The van der Waals surface area contributed by atoms with Crippen LogP contribution in [-0.2, 0) is 20.8 Å². The Morgan fingerprint density at radius 3 is 2.68 bits per heavy atom. The molecule has 1 aromatic carbocycles. The second-order valence-corrected chi connectivity index (χ2v) is 4.83. The van der Waals surface area contributed by atoms with E-state index < -0.39 is 30.2 Å². The number of carboxylic acids is 1. The quantitative estimate of drug-likeness (QED) is 0.612. The minimum atomic E-state index is -1.28. The van der Waals surface area contributed by atoms with Crippen LogP contribution in [0.5, 0.6) is 5.75 Å². The Balaban J connectivity index is 2.41. The highest BCUT2D eigenvalue weighted by atomic mass is 16.5. The Bertz CT molecular complexity index is 544. The number of aryl methyl sites for hydroxylation is 1. The zero-order valence-electron chi connectivity index (χ0n) is 12.4. The Morgan fingerprint density at radius 2 is 2.09 bits per heavy atom. The zero-order chi connectivity index (χ0) is 16.5. The van der Waals surface area contributed by atoms with Crippen LogP contribution in [0.1, 0.15) is 24.8 Å². The number of methoxy groups -OCH3 is 1. The first-order valence-electron chi connectivity index (χ1n) is 6.85. The standard InChI is InChI=1S/C15H20N2O5/c1-22-11-6-2-4-10(8-11)5-3-7-14(19)17-12(15(20)21)9-13(16)18/h2,4,6,8,12H,3,5,7,9H2,1H3,(H2,16,18)(H,17,19)(H,20,21). The summed E-state index contributed by atoms with van der Waals surface area (Å²) in [4.78, 5) is 33.4. The van der Waals surface area contributed by atoms with Gasteiger partial charge in [0.2, 0.25) is 11.8 Å². The first-order valence-corrected chi connectivity index (χ1v) is 6.85. The van der Waals surface area contributed by atoms with E-state index in [4.69, 9.17) is 15.6 Å². The fourth-order valence-corrected chi connectivity index (χ4v) is 1.95. The Labute approximate surface area is 128 Å². The first-order chi connectivity index (χ1) is 10.4. The van der Waals surface area contributed by atoms with Crippen molar-refractivity contribution < 1.29 is 24.2 Å². The summed E-state index contributed by atoms with van der Waals surface area (Å²) in [6.07, 6.45) is 0.969. The largest absolute Gasteiger partial charge is 0.497 e. The number of rotatable bonds is 9. The Kier molecular flexibility index (Phi) is 6.88. The van der Waals surface area contributed by atoms with Gasteiger partial charge in [-0.25, -0.2) is 4.79 Å². The second-order valence-electron chi connectivity index (χ2n) is 4.83. The molecule has 1 aromatic rings. The summed E-state index contributed by atoms with van der Waals surface area (Å²) >= 11 is 0. The number of carbonyl (C=O) groups is 3. The third-order valence-electron chi connectivity index (χ3n) is 3.04. The molecule has 0 bridgehead atoms. The van der Waals surface area contributed by atoms with Crippen LogP contribution >= 0.6 is 0 Å². The lowest BCUT2D eigenvalue weighted by Gasteiger charge is -2.12. The van der Waals surface area contributed by atoms with Gasteiger partial charge in [0.15, 0.2) is 0 Å². The van der Waals surface area contributed by atoms with E-state index in [-0.39, 0.29) is 6.42 Å². The van der Waals surface area contributed by atoms with Crippen LogP contribution in [0.15, 0.2) is 24.3 Å². The molecule has 2 amide bonds. The van der Waals surface area contributed by atoms with Crippen LogP contribution in [-0.4, -0.2) is 36.0 Å². The fraction of sp³-hybridized carbons (Fsp3) is 0.400. The van der Waals surface area contributed by atoms with Crippen molar-refractivity contribution in [1.29, 1.82) is 0 Å². The number of nitrogens with one attached hydrogen (secondary N) is 1. The van der Waals surface area contributed by atoms with Crippen molar-refractivity contribution in [3.05, 3.63) is 29.8 Å². The van der Waals surface area contributed by atoms with Gasteiger partial charge in [0, 0.05) is 6.42 Å². The molecule has 0 aliphatic carbocycles. The zero-order valence-corrected chi connectivity index (χ0v) is 12.4. The predicted molar refractivity (Wildman–Crippen MR) is 79.3 cm³/mol. The summed E-state index contributed by atoms with van der Waals surface area (Å²) < 4.78 is 5.11. The fourth-order valence-electron chi connectivity index (χ4n) is 1.95. The lowest BCUT2D eigenvalue weighted by Crippen LogP contribution is -2.43. The molecule has 0 heterocycles. The second kappa shape index (κ2) is 8.66. The molecule has 120 valence electrons. The van der Waals surface area contributed by atoms with Crippen molar-refractivity contribution in [2.75, 3.05) is 7.11 Å². The maximum absolute atomic E-state index is 11.7. The van der Waals surface area contributed by atoms with Crippen LogP contribution < -0.4 is 15.8 Å². The molecule has 0 aliphatic heterocycles. The van der Waals surface area contributed by atoms with Crippen LogP contribution in [0, 0.1) is 0 Å². The lowest BCUT2D eigenvalue weighted by atomic mass is 10.1. The molecular weight excluding hydrogens is 288 g/mol. The minimum Gasteiger partial charge on any atom is -0.497 e. The van der Waals surface area contributed by atoms with Crippen LogP contribution in [0.3, 0.4) is 0 Å². The molecule has 7 nitrogen and oxygen atoms in total. The molecule has 1 rings (SSSR count).